The number of hydrogen-bond acceptors (Lipinski definition) is 2. The van der Waals surface area contributed by atoms with E-state index in [9.17, 15) is 9.18 Å². The van der Waals surface area contributed by atoms with Gasteiger partial charge in [0.25, 0.3) is 5.91 Å². The minimum Gasteiger partial charge on any atom is -0.508 e. The van der Waals surface area contributed by atoms with E-state index in [4.69, 9.17) is 5.11 Å². The summed E-state index contributed by atoms with van der Waals surface area (Å²) >= 11 is 3.05. The van der Waals surface area contributed by atoms with Crippen molar-refractivity contribution in [3.8, 4) is 5.75 Å². The monoisotopic (exact) mass is 337 g/mol. The summed E-state index contributed by atoms with van der Waals surface area (Å²) in [7, 11) is 0. The first-order valence-electron chi connectivity index (χ1n) is 6.08. The fourth-order valence-electron chi connectivity index (χ4n) is 1.76. The molecule has 0 saturated heterocycles. The Balaban J connectivity index is 1.92. The lowest BCUT2D eigenvalue weighted by Crippen LogP contribution is -2.26. The fraction of sp³-hybridized carbons (Fsp3) is 0.133. The molecule has 104 valence electrons. The number of benzene rings is 2. The smallest absolute Gasteiger partial charge is 0.254 e. The second-order valence-electron chi connectivity index (χ2n) is 4.27. The van der Waals surface area contributed by atoms with Crippen molar-refractivity contribution in [3.63, 3.8) is 0 Å². The summed E-state index contributed by atoms with van der Waals surface area (Å²) in [6.45, 7) is 0.398. The summed E-state index contributed by atoms with van der Waals surface area (Å²) < 4.78 is 14.0. The van der Waals surface area contributed by atoms with E-state index in [1.165, 1.54) is 6.07 Å². The van der Waals surface area contributed by atoms with E-state index in [2.05, 4.69) is 21.2 Å². The highest BCUT2D eigenvalue weighted by Gasteiger charge is 2.13. The maximum absolute atomic E-state index is 13.7. The zero-order valence-corrected chi connectivity index (χ0v) is 12.2. The third-order valence-corrected chi connectivity index (χ3v) is 3.44. The van der Waals surface area contributed by atoms with Crippen LogP contribution < -0.4 is 5.32 Å². The summed E-state index contributed by atoms with van der Waals surface area (Å²) in [4.78, 5) is 11.9. The van der Waals surface area contributed by atoms with E-state index >= 15 is 0 Å². The van der Waals surface area contributed by atoms with Crippen molar-refractivity contribution in [2.75, 3.05) is 6.54 Å². The molecule has 0 radical (unpaired) electrons. The van der Waals surface area contributed by atoms with Crippen molar-refractivity contribution < 1.29 is 14.3 Å². The van der Waals surface area contributed by atoms with Crippen molar-refractivity contribution in [2.24, 2.45) is 0 Å². The van der Waals surface area contributed by atoms with Crippen LogP contribution in [0.15, 0.2) is 46.9 Å². The van der Waals surface area contributed by atoms with Gasteiger partial charge >= 0.3 is 0 Å². The molecule has 0 aliphatic carbocycles. The van der Waals surface area contributed by atoms with Gasteiger partial charge in [0.15, 0.2) is 0 Å². The van der Waals surface area contributed by atoms with Gasteiger partial charge in [-0.25, -0.2) is 4.39 Å². The number of phenols is 1. The number of halogens is 2. The van der Waals surface area contributed by atoms with Gasteiger partial charge in [-0.1, -0.05) is 18.2 Å². The highest BCUT2D eigenvalue weighted by atomic mass is 79.9. The number of phenolic OH excluding ortho intramolecular Hbond substituents is 1. The topological polar surface area (TPSA) is 49.3 Å². The average Bonchev–Trinajstić information content (AvgIpc) is 2.44. The molecule has 0 unspecified atom stereocenters. The first-order valence-corrected chi connectivity index (χ1v) is 6.87. The Morgan fingerprint density at radius 3 is 2.60 bits per heavy atom. The van der Waals surface area contributed by atoms with E-state index in [0.29, 0.717) is 13.0 Å². The predicted molar refractivity (Wildman–Crippen MR) is 78.2 cm³/mol. The van der Waals surface area contributed by atoms with Crippen LogP contribution in [0.5, 0.6) is 5.75 Å². The minimum atomic E-state index is -0.561. The largest absolute Gasteiger partial charge is 0.508 e. The third-order valence-electron chi connectivity index (χ3n) is 2.83. The molecule has 20 heavy (non-hydrogen) atoms. The summed E-state index contributed by atoms with van der Waals surface area (Å²) in [5.41, 5.74) is 1.00. The molecule has 5 heteroatoms. The van der Waals surface area contributed by atoms with Gasteiger partial charge in [-0.15, -0.1) is 0 Å². The van der Waals surface area contributed by atoms with E-state index in [-0.39, 0.29) is 15.8 Å². The van der Waals surface area contributed by atoms with Gasteiger partial charge in [-0.05, 0) is 52.2 Å². The number of nitrogens with one attached hydrogen (secondary N) is 1. The fourth-order valence-corrected chi connectivity index (χ4v) is 2.12. The standard InChI is InChI=1S/C15H13BrFNO2/c16-13-3-1-2-12(14(13)17)15(20)18-9-8-10-4-6-11(19)7-5-10/h1-7,19H,8-9H2,(H,18,20). The molecular weight excluding hydrogens is 325 g/mol. The number of carbonyl (C=O) groups is 1. The van der Waals surface area contributed by atoms with Crippen molar-refractivity contribution in [3.05, 3.63) is 63.9 Å². The van der Waals surface area contributed by atoms with E-state index < -0.39 is 11.7 Å². The lowest BCUT2D eigenvalue weighted by Gasteiger charge is -2.07. The number of carbonyl (C=O) groups excluding carboxylic acids is 1. The first-order chi connectivity index (χ1) is 9.58. The highest BCUT2D eigenvalue weighted by Crippen LogP contribution is 2.18. The van der Waals surface area contributed by atoms with Gasteiger partial charge in [0.05, 0.1) is 10.0 Å². The van der Waals surface area contributed by atoms with E-state index in [1.54, 1.807) is 36.4 Å². The molecule has 0 spiro atoms. The number of hydrogen-bond donors (Lipinski definition) is 2. The number of amides is 1. The molecule has 0 fully saturated rings. The number of rotatable bonds is 4. The summed E-state index contributed by atoms with van der Waals surface area (Å²) in [6, 6.07) is 11.3. The SMILES string of the molecule is O=C(NCCc1ccc(O)cc1)c1cccc(Br)c1F. The molecule has 3 nitrogen and oxygen atoms in total. The Kier molecular flexibility index (Phi) is 4.74. The van der Waals surface area contributed by atoms with Crippen LogP contribution in [0.3, 0.4) is 0 Å². The normalized spacial score (nSPS) is 10.3. The van der Waals surface area contributed by atoms with Crippen molar-refractivity contribution in [1.29, 1.82) is 0 Å². The summed E-state index contributed by atoms with van der Waals surface area (Å²) in [6.07, 6.45) is 0.613. The zero-order valence-electron chi connectivity index (χ0n) is 10.6. The molecule has 1 amide bonds. The second-order valence-corrected chi connectivity index (χ2v) is 5.13. The molecule has 0 bridgehead atoms. The van der Waals surface area contributed by atoms with Crippen molar-refractivity contribution >= 4 is 21.8 Å². The Hall–Kier alpha value is -1.88. The quantitative estimate of drug-likeness (QED) is 0.899. The Morgan fingerprint density at radius 2 is 1.90 bits per heavy atom. The van der Waals surface area contributed by atoms with Crippen molar-refractivity contribution in [1.82, 2.24) is 5.32 Å². The van der Waals surface area contributed by atoms with Gasteiger partial charge in [-0.2, -0.15) is 0 Å². The van der Waals surface area contributed by atoms with Crippen LogP contribution in [0.4, 0.5) is 4.39 Å². The van der Waals surface area contributed by atoms with Gasteiger partial charge in [0.2, 0.25) is 0 Å². The van der Waals surface area contributed by atoms with Crippen LogP contribution in [0, 0.1) is 5.82 Å². The van der Waals surface area contributed by atoms with Gasteiger partial charge < -0.3 is 10.4 Å². The van der Waals surface area contributed by atoms with Crippen LogP contribution in [-0.2, 0) is 6.42 Å². The molecule has 0 atom stereocenters. The summed E-state index contributed by atoms with van der Waals surface area (Å²) in [5, 5.41) is 11.8. The van der Waals surface area contributed by atoms with Crippen LogP contribution in [0.2, 0.25) is 0 Å². The summed E-state index contributed by atoms with van der Waals surface area (Å²) in [5.74, 6) is -0.800. The molecule has 0 aliphatic heterocycles. The Morgan fingerprint density at radius 1 is 1.20 bits per heavy atom. The molecule has 0 heterocycles. The van der Waals surface area contributed by atoms with E-state index in [1.807, 2.05) is 0 Å². The maximum atomic E-state index is 13.7. The van der Waals surface area contributed by atoms with Crippen molar-refractivity contribution in [2.45, 2.75) is 6.42 Å². The Labute approximate surface area is 124 Å². The number of aromatic hydroxyl groups is 1. The highest BCUT2D eigenvalue weighted by molar-refractivity contribution is 9.10. The lowest BCUT2D eigenvalue weighted by molar-refractivity contribution is 0.0950. The van der Waals surface area contributed by atoms with E-state index in [0.717, 1.165) is 5.56 Å². The molecule has 2 N–H and O–H groups in total. The molecule has 2 aromatic rings. The molecule has 2 rings (SSSR count). The van der Waals surface area contributed by atoms with Crippen LogP contribution >= 0.6 is 15.9 Å². The second kappa shape index (κ2) is 6.52. The predicted octanol–water partition coefficient (Wildman–Crippen LogP) is 3.27. The van der Waals surface area contributed by atoms with Gasteiger partial charge in [0, 0.05) is 6.54 Å². The Bertz CT molecular complexity index is 614. The molecular formula is C15H13BrFNO2. The maximum Gasteiger partial charge on any atom is 0.254 e. The van der Waals surface area contributed by atoms with Crippen LogP contribution in [0.25, 0.3) is 0 Å². The molecule has 0 saturated carbocycles. The average molecular weight is 338 g/mol. The lowest BCUT2D eigenvalue weighted by atomic mass is 10.1. The molecule has 0 aliphatic rings. The third kappa shape index (κ3) is 3.57. The first kappa shape index (κ1) is 14.5. The molecule has 2 aromatic carbocycles. The minimum absolute atomic E-state index is 0.0186. The van der Waals surface area contributed by atoms with Crippen LogP contribution in [0.1, 0.15) is 15.9 Å². The molecule has 0 aromatic heterocycles. The van der Waals surface area contributed by atoms with Gasteiger partial charge in [0.1, 0.15) is 11.6 Å². The van der Waals surface area contributed by atoms with Gasteiger partial charge in [-0.3, -0.25) is 4.79 Å². The zero-order chi connectivity index (χ0) is 14.5. The van der Waals surface area contributed by atoms with Crippen LogP contribution in [-0.4, -0.2) is 17.6 Å².